The van der Waals surface area contributed by atoms with Gasteiger partial charge in [0, 0.05) is 29.3 Å². The molecule has 1 aromatic heterocycles. The van der Waals surface area contributed by atoms with Gasteiger partial charge in [0.25, 0.3) is 0 Å². The fourth-order valence-corrected chi connectivity index (χ4v) is 3.69. The van der Waals surface area contributed by atoms with E-state index in [0.717, 1.165) is 24.4 Å². The summed E-state index contributed by atoms with van der Waals surface area (Å²) in [6.07, 6.45) is 1.01. The van der Waals surface area contributed by atoms with Crippen molar-refractivity contribution in [1.82, 2.24) is 10.3 Å². The van der Waals surface area contributed by atoms with E-state index < -0.39 is 0 Å². The normalized spacial score (nSPS) is 14.1. The lowest BCUT2D eigenvalue weighted by molar-refractivity contribution is 0.415. The van der Waals surface area contributed by atoms with Crippen molar-refractivity contribution in [2.24, 2.45) is 0 Å². The van der Waals surface area contributed by atoms with Crippen LogP contribution in [0.2, 0.25) is 0 Å². The van der Waals surface area contributed by atoms with E-state index in [4.69, 9.17) is 9.72 Å². The highest BCUT2D eigenvalue weighted by molar-refractivity contribution is 7.12. The van der Waals surface area contributed by atoms with Gasteiger partial charge in [-0.2, -0.15) is 0 Å². The highest BCUT2D eigenvalue weighted by atomic mass is 32.1. The Bertz CT molecular complexity index is 606. The lowest BCUT2D eigenvalue weighted by atomic mass is 10.1. The molecule has 1 N–H and O–H groups in total. The number of aromatic nitrogens is 1. The average Bonchev–Trinajstić information content (AvgIpc) is 2.95. The second-order valence-corrected chi connectivity index (χ2v) is 6.10. The van der Waals surface area contributed by atoms with Crippen molar-refractivity contribution >= 4 is 11.3 Å². The van der Waals surface area contributed by atoms with Gasteiger partial charge in [-0.3, -0.25) is 0 Å². The minimum atomic E-state index is 0.467. The fraction of sp³-hybridized carbons (Fsp3) is 0.400. The van der Waals surface area contributed by atoms with Crippen molar-refractivity contribution in [2.45, 2.75) is 19.3 Å². The summed E-state index contributed by atoms with van der Waals surface area (Å²) in [4.78, 5) is 6.24. The monoisotopic (exact) mass is 274 g/mol. The Morgan fingerprint density at radius 2 is 2.32 bits per heavy atom. The number of nitrogens with zero attached hydrogens (tertiary/aromatic N) is 1. The van der Waals surface area contributed by atoms with Gasteiger partial charge < -0.3 is 10.1 Å². The average molecular weight is 274 g/mol. The van der Waals surface area contributed by atoms with Crippen LogP contribution in [0.15, 0.2) is 18.2 Å². The van der Waals surface area contributed by atoms with Crippen LogP contribution in [0.5, 0.6) is 5.75 Å². The van der Waals surface area contributed by atoms with Crippen LogP contribution in [0.1, 0.15) is 28.3 Å². The van der Waals surface area contributed by atoms with Crippen LogP contribution in [0, 0.1) is 0 Å². The van der Waals surface area contributed by atoms with Crippen LogP contribution >= 0.6 is 11.3 Å². The van der Waals surface area contributed by atoms with Gasteiger partial charge in [-0.15, -0.1) is 11.3 Å². The Balaban J connectivity index is 1.98. The lowest BCUT2D eigenvalue weighted by Crippen LogP contribution is -2.14. The first-order valence-corrected chi connectivity index (χ1v) is 7.36. The summed E-state index contributed by atoms with van der Waals surface area (Å²) < 4.78 is 5.31. The molecule has 1 aromatic carbocycles. The molecule has 0 amide bonds. The van der Waals surface area contributed by atoms with Crippen LogP contribution in [0.25, 0.3) is 11.3 Å². The van der Waals surface area contributed by atoms with E-state index in [-0.39, 0.29) is 0 Å². The topological polar surface area (TPSA) is 34.2 Å². The van der Waals surface area contributed by atoms with Crippen molar-refractivity contribution in [3.63, 3.8) is 0 Å². The molecule has 100 valence electrons. The summed E-state index contributed by atoms with van der Waals surface area (Å²) in [5, 5.41) is 4.44. The van der Waals surface area contributed by atoms with E-state index in [1.165, 1.54) is 21.0 Å². The first-order chi connectivity index (χ1) is 9.22. The zero-order valence-corrected chi connectivity index (χ0v) is 12.3. The van der Waals surface area contributed by atoms with Gasteiger partial charge in [0.1, 0.15) is 5.75 Å². The first-order valence-electron chi connectivity index (χ1n) is 6.54. The summed E-state index contributed by atoms with van der Waals surface area (Å²) in [5.74, 6) is 1.37. The second-order valence-electron chi connectivity index (χ2n) is 4.98. The molecular formula is C15H18N2OS. The van der Waals surface area contributed by atoms with E-state index in [1.54, 1.807) is 7.11 Å². The van der Waals surface area contributed by atoms with Gasteiger partial charge in [0.2, 0.25) is 0 Å². The SMILES string of the molecule is CNCC(C)c1nc2c(s1)Cc1ccc(OC)cc1-2. The van der Waals surface area contributed by atoms with Crippen LogP contribution < -0.4 is 10.1 Å². The molecule has 1 aliphatic carbocycles. The molecule has 2 aromatic rings. The molecule has 1 atom stereocenters. The first kappa shape index (κ1) is 12.6. The number of nitrogens with one attached hydrogen (secondary N) is 1. The lowest BCUT2D eigenvalue weighted by Gasteiger charge is -2.07. The molecule has 19 heavy (non-hydrogen) atoms. The smallest absolute Gasteiger partial charge is 0.119 e. The maximum Gasteiger partial charge on any atom is 0.119 e. The van der Waals surface area contributed by atoms with E-state index >= 15 is 0 Å². The van der Waals surface area contributed by atoms with Crippen LogP contribution in [0.4, 0.5) is 0 Å². The molecule has 0 radical (unpaired) electrons. The molecule has 0 saturated heterocycles. The quantitative estimate of drug-likeness (QED) is 0.794. The molecular weight excluding hydrogens is 256 g/mol. The highest BCUT2D eigenvalue weighted by Crippen LogP contribution is 2.42. The molecule has 3 rings (SSSR count). The van der Waals surface area contributed by atoms with Crippen molar-refractivity contribution < 1.29 is 4.74 Å². The van der Waals surface area contributed by atoms with E-state index in [1.807, 2.05) is 24.5 Å². The molecule has 4 heteroatoms. The summed E-state index contributed by atoms with van der Waals surface area (Å²) in [5.41, 5.74) is 3.77. The summed E-state index contributed by atoms with van der Waals surface area (Å²) >= 11 is 1.85. The molecule has 0 saturated carbocycles. The number of hydrogen-bond donors (Lipinski definition) is 1. The van der Waals surface area contributed by atoms with Crippen LogP contribution in [-0.4, -0.2) is 25.7 Å². The summed E-state index contributed by atoms with van der Waals surface area (Å²) in [6.45, 7) is 3.19. The zero-order chi connectivity index (χ0) is 13.4. The third-order valence-corrected chi connectivity index (χ3v) is 4.86. The van der Waals surface area contributed by atoms with Gasteiger partial charge >= 0.3 is 0 Å². The van der Waals surface area contributed by atoms with Gasteiger partial charge in [0.05, 0.1) is 17.8 Å². The largest absolute Gasteiger partial charge is 0.497 e. The Morgan fingerprint density at radius 1 is 1.47 bits per heavy atom. The number of benzene rings is 1. The number of likely N-dealkylation sites (N-methyl/N-ethyl adjacent to an activating group) is 1. The van der Waals surface area contributed by atoms with E-state index in [0.29, 0.717) is 5.92 Å². The molecule has 1 unspecified atom stereocenters. The number of rotatable bonds is 4. The van der Waals surface area contributed by atoms with Gasteiger partial charge in [0.15, 0.2) is 0 Å². The summed E-state index contributed by atoms with van der Waals surface area (Å²) in [7, 11) is 3.69. The predicted molar refractivity (Wildman–Crippen MR) is 79.2 cm³/mol. The van der Waals surface area contributed by atoms with Crippen LogP contribution in [-0.2, 0) is 6.42 Å². The standard InChI is InChI=1S/C15H18N2OS/c1-9(8-16-2)15-17-14-12-7-11(18-3)5-4-10(12)6-13(14)19-15/h4-5,7,9,16H,6,8H2,1-3H3. The Morgan fingerprint density at radius 3 is 3.05 bits per heavy atom. The Kier molecular flexibility index (Phi) is 3.29. The number of thiazole rings is 1. The number of fused-ring (bicyclic) bond motifs is 3. The molecule has 1 heterocycles. The van der Waals surface area contributed by atoms with E-state index in [9.17, 15) is 0 Å². The molecule has 0 aliphatic heterocycles. The molecule has 0 spiro atoms. The highest BCUT2D eigenvalue weighted by Gasteiger charge is 2.25. The van der Waals surface area contributed by atoms with Crippen molar-refractivity contribution in [3.05, 3.63) is 33.6 Å². The van der Waals surface area contributed by atoms with Gasteiger partial charge in [-0.1, -0.05) is 13.0 Å². The van der Waals surface area contributed by atoms with Crippen molar-refractivity contribution in [2.75, 3.05) is 20.7 Å². The number of methoxy groups -OCH3 is 1. The number of hydrogen-bond acceptors (Lipinski definition) is 4. The third kappa shape index (κ3) is 2.15. The Labute approximate surface area is 117 Å². The third-order valence-electron chi connectivity index (χ3n) is 3.57. The minimum Gasteiger partial charge on any atom is -0.497 e. The fourth-order valence-electron chi connectivity index (χ4n) is 2.53. The Hall–Kier alpha value is -1.39. The minimum absolute atomic E-state index is 0.467. The zero-order valence-electron chi connectivity index (χ0n) is 11.5. The predicted octanol–water partition coefficient (Wildman–Crippen LogP) is 3.05. The second kappa shape index (κ2) is 4.94. The van der Waals surface area contributed by atoms with Crippen molar-refractivity contribution in [3.8, 4) is 17.0 Å². The summed E-state index contributed by atoms with van der Waals surface area (Å²) in [6, 6.07) is 6.28. The number of ether oxygens (including phenoxy) is 1. The van der Waals surface area contributed by atoms with Crippen LogP contribution in [0.3, 0.4) is 0 Å². The molecule has 1 aliphatic rings. The van der Waals surface area contributed by atoms with Crippen molar-refractivity contribution in [1.29, 1.82) is 0 Å². The van der Waals surface area contributed by atoms with Gasteiger partial charge in [-0.25, -0.2) is 4.98 Å². The molecule has 0 bridgehead atoms. The van der Waals surface area contributed by atoms with E-state index in [2.05, 4.69) is 24.4 Å². The molecule has 0 fully saturated rings. The van der Waals surface area contributed by atoms with Gasteiger partial charge in [-0.05, 0) is 24.7 Å². The molecule has 3 nitrogen and oxygen atoms in total. The maximum absolute atomic E-state index is 5.31. The maximum atomic E-state index is 5.31.